The lowest BCUT2D eigenvalue weighted by molar-refractivity contribution is -0.122. The van der Waals surface area contributed by atoms with Crippen LogP contribution >= 0.6 is 0 Å². The average Bonchev–Trinajstić information content (AvgIpc) is 2.92. The van der Waals surface area contributed by atoms with Gasteiger partial charge >= 0.3 is 0 Å². The number of nitrogens with two attached hydrogens (primary N) is 1. The van der Waals surface area contributed by atoms with Crippen molar-refractivity contribution in [3.63, 3.8) is 0 Å². The molecule has 1 unspecified atom stereocenters. The number of benzene rings is 1. The zero-order valence-corrected chi connectivity index (χ0v) is 12.2. The summed E-state index contributed by atoms with van der Waals surface area (Å²) in [6.45, 7) is 0.938. The van der Waals surface area contributed by atoms with Gasteiger partial charge in [-0.1, -0.05) is 24.3 Å². The maximum absolute atomic E-state index is 12.1. The number of aromatic nitrogens is 2. The summed E-state index contributed by atoms with van der Waals surface area (Å²) in [5.41, 5.74) is 8.69. The van der Waals surface area contributed by atoms with Crippen LogP contribution in [-0.2, 0) is 29.7 Å². The molecule has 0 spiro atoms. The molecule has 6 nitrogen and oxygen atoms in total. The van der Waals surface area contributed by atoms with Gasteiger partial charge in [-0.2, -0.15) is 5.10 Å². The molecule has 1 aromatic carbocycles. The molecule has 1 atom stereocenters. The standard InChI is InChI=1S/C15H20N4O2/c1-19-9-13(8-18-19)14(16)15(20)17-7-11-5-3-4-6-12(11)10-21-2/h3-6,8-9,14H,7,10,16H2,1-2H3,(H,17,20). The first-order valence-electron chi connectivity index (χ1n) is 6.69. The van der Waals surface area contributed by atoms with E-state index in [1.165, 1.54) is 0 Å². The van der Waals surface area contributed by atoms with E-state index in [0.29, 0.717) is 18.7 Å². The summed E-state index contributed by atoms with van der Waals surface area (Å²) in [6.07, 6.45) is 3.34. The third-order valence-electron chi connectivity index (χ3n) is 3.24. The molecule has 0 bridgehead atoms. The lowest BCUT2D eigenvalue weighted by Crippen LogP contribution is -2.33. The molecule has 0 saturated carbocycles. The minimum atomic E-state index is -0.715. The van der Waals surface area contributed by atoms with Gasteiger partial charge < -0.3 is 15.8 Å². The molecule has 21 heavy (non-hydrogen) atoms. The van der Waals surface area contributed by atoms with Gasteiger partial charge in [0.15, 0.2) is 0 Å². The number of carbonyl (C=O) groups excluding carboxylic acids is 1. The Bertz CT molecular complexity index is 609. The fourth-order valence-electron chi connectivity index (χ4n) is 2.07. The Kier molecular flexibility index (Phi) is 5.08. The SMILES string of the molecule is COCc1ccccc1CNC(=O)C(N)c1cnn(C)c1. The van der Waals surface area contributed by atoms with E-state index < -0.39 is 6.04 Å². The smallest absolute Gasteiger partial charge is 0.241 e. The van der Waals surface area contributed by atoms with Crippen molar-refractivity contribution in [2.24, 2.45) is 12.8 Å². The number of ether oxygens (including phenoxy) is 1. The molecule has 0 fully saturated rings. The number of aryl methyl sites for hydroxylation is 1. The maximum atomic E-state index is 12.1. The average molecular weight is 288 g/mol. The molecule has 2 aromatic rings. The molecule has 1 heterocycles. The molecular weight excluding hydrogens is 268 g/mol. The third kappa shape index (κ3) is 3.90. The molecule has 6 heteroatoms. The van der Waals surface area contributed by atoms with Crippen molar-refractivity contribution in [1.29, 1.82) is 0 Å². The minimum Gasteiger partial charge on any atom is -0.380 e. The highest BCUT2D eigenvalue weighted by molar-refractivity contribution is 5.82. The van der Waals surface area contributed by atoms with E-state index >= 15 is 0 Å². The highest BCUT2D eigenvalue weighted by atomic mass is 16.5. The maximum Gasteiger partial charge on any atom is 0.241 e. The Labute approximate surface area is 123 Å². The van der Waals surface area contributed by atoms with Gasteiger partial charge in [0.2, 0.25) is 5.91 Å². The van der Waals surface area contributed by atoms with Crippen LogP contribution in [0.2, 0.25) is 0 Å². The summed E-state index contributed by atoms with van der Waals surface area (Å²) in [4.78, 5) is 12.1. The molecule has 0 aliphatic carbocycles. The van der Waals surface area contributed by atoms with Crippen LogP contribution in [0.4, 0.5) is 0 Å². The Balaban J connectivity index is 1.98. The Hall–Kier alpha value is -2.18. The van der Waals surface area contributed by atoms with Crippen LogP contribution < -0.4 is 11.1 Å². The number of amides is 1. The van der Waals surface area contributed by atoms with Crippen LogP contribution in [0.25, 0.3) is 0 Å². The quantitative estimate of drug-likeness (QED) is 0.827. The summed E-state index contributed by atoms with van der Waals surface area (Å²) >= 11 is 0. The van der Waals surface area contributed by atoms with Gasteiger partial charge in [0.25, 0.3) is 0 Å². The highest BCUT2D eigenvalue weighted by Crippen LogP contribution is 2.12. The van der Waals surface area contributed by atoms with Crippen molar-refractivity contribution in [2.75, 3.05) is 7.11 Å². The lowest BCUT2D eigenvalue weighted by Gasteiger charge is -2.13. The van der Waals surface area contributed by atoms with Gasteiger partial charge in [0, 0.05) is 32.5 Å². The van der Waals surface area contributed by atoms with E-state index in [1.807, 2.05) is 24.3 Å². The van der Waals surface area contributed by atoms with Crippen LogP contribution in [0.5, 0.6) is 0 Å². The molecule has 0 aliphatic rings. The molecule has 0 saturated heterocycles. The summed E-state index contributed by atoms with van der Waals surface area (Å²) in [5, 5.41) is 6.87. The molecule has 112 valence electrons. The number of nitrogens with one attached hydrogen (secondary N) is 1. The molecule has 3 N–H and O–H groups in total. The van der Waals surface area contributed by atoms with E-state index in [1.54, 1.807) is 31.2 Å². The van der Waals surface area contributed by atoms with Crippen LogP contribution in [0, 0.1) is 0 Å². The van der Waals surface area contributed by atoms with E-state index in [2.05, 4.69) is 10.4 Å². The zero-order chi connectivity index (χ0) is 15.2. The molecule has 0 radical (unpaired) electrons. The number of carbonyl (C=O) groups is 1. The Morgan fingerprint density at radius 1 is 1.43 bits per heavy atom. The monoisotopic (exact) mass is 288 g/mol. The van der Waals surface area contributed by atoms with E-state index in [0.717, 1.165) is 11.1 Å². The molecular formula is C15H20N4O2. The van der Waals surface area contributed by atoms with Crippen molar-refractivity contribution in [1.82, 2.24) is 15.1 Å². The van der Waals surface area contributed by atoms with E-state index in [9.17, 15) is 4.79 Å². The zero-order valence-electron chi connectivity index (χ0n) is 12.2. The van der Waals surface area contributed by atoms with Gasteiger partial charge in [-0.25, -0.2) is 0 Å². The molecule has 1 amide bonds. The van der Waals surface area contributed by atoms with E-state index in [4.69, 9.17) is 10.5 Å². The van der Waals surface area contributed by atoms with Gasteiger partial charge in [0.1, 0.15) is 6.04 Å². The van der Waals surface area contributed by atoms with E-state index in [-0.39, 0.29) is 5.91 Å². The topological polar surface area (TPSA) is 82.2 Å². The largest absolute Gasteiger partial charge is 0.380 e. The molecule has 0 aliphatic heterocycles. The van der Waals surface area contributed by atoms with Crippen LogP contribution in [0.1, 0.15) is 22.7 Å². The van der Waals surface area contributed by atoms with Gasteiger partial charge in [-0.3, -0.25) is 9.48 Å². The second kappa shape index (κ2) is 7.01. The second-order valence-corrected chi connectivity index (χ2v) is 4.84. The third-order valence-corrected chi connectivity index (χ3v) is 3.24. The van der Waals surface area contributed by atoms with Crippen molar-refractivity contribution >= 4 is 5.91 Å². The van der Waals surface area contributed by atoms with Gasteiger partial charge in [-0.05, 0) is 11.1 Å². The van der Waals surface area contributed by atoms with Crippen molar-refractivity contribution in [3.05, 3.63) is 53.3 Å². The summed E-state index contributed by atoms with van der Waals surface area (Å²) in [7, 11) is 3.43. The first kappa shape index (κ1) is 15.2. The van der Waals surface area contributed by atoms with Gasteiger partial charge in [0.05, 0.1) is 12.8 Å². The molecule has 1 aromatic heterocycles. The lowest BCUT2D eigenvalue weighted by atomic mass is 10.1. The normalized spacial score (nSPS) is 12.1. The summed E-state index contributed by atoms with van der Waals surface area (Å²) < 4.78 is 6.77. The summed E-state index contributed by atoms with van der Waals surface area (Å²) in [6, 6.07) is 7.10. The Morgan fingerprint density at radius 3 is 2.76 bits per heavy atom. The first-order chi connectivity index (χ1) is 10.1. The highest BCUT2D eigenvalue weighted by Gasteiger charge is 2.17. The fourth-order valence-corrected chi connectivity index (χ4v) is 2.07. The van der Waals surface area contributed by atoms with Crippen molar-refractivity contribution in [2.45, 2.75) is 19.2 Å². The number of methoxy groups -OCH3 is 1. The number of rotatable bonds is 6. The number of hydrogen-bond acceptors (Lipinski definition) is 4. The van der Waals surface area contributed by atoms with Crippen LogP contribution in [0.15, 0.2) is 36.7 Å². The Morgan fingerprint density at radius 2 is 2.14 bits per heavy atom. The second-order valence-electron chi connectivity index (χ2n) is 4.84. The number of hydrogen-bond donors (Lipinski definition) is 2. The van der Waals surface area contributed by atoms with Crippen LogP contribution in [-0.4, -0.2) is 22.8 Å². The summed E-state index contributed by atoms with van der Waals surface area (Å²) in [5.74, 6) is -0.227. The van der Waals surface area contributed by atoms with Crippen molar-refractivity contribution < 1.29 is 9.53 Å². The van der Waals surface area contributed by atoms with Gasteiger partial charge in [-0.15, -0.1) is 0 Å². The molecule has 2 rings (SSSR count). The predicted octanol–water partition coefficient (Wildman–Crippen LogP) is 0.883. The predicted molar refractivity (Wildman–Crippen MR) is 79.1 cm³/mol. The van der Waals surface area contributed by atoms with Crippen LogP contribution in [0.3, 0.4) is 0 Å². The van der Waals surface area contributed by atoms with Crippen molar-refractivity contribution in [3.8, 4) is 0 Å². The first-order valence-corrected chi connectivity index (χ1v) is 6.69. The fraction of sp³-hybridized carbons (Fsp3) is 0.333. The minimum absolute atomic E-state index is 0.227. The number of nitrogens with zero attached hydrogens (tertiary/aromatic N) is 2.